The van der Waals surface area contributed by atoms with Gasteiger partial charge in [-0.2, -0.15) is 0 Å². The molecule has 0 unspecified atom stereocenters. The van der Waals surface area contributed by atoms with Gasteiger partial charge in [0.25, 0.3) is 0 Å². The van der Waals surface area contributed by atoms with Gasteiger partial charge in [-0.25, -0.2) is 25.6 Å². The number of sulfonamides is 1. The Kier molecular flexibility index (Phi) is 7.57. The largest absolute Gasteiger partial charge is 0.455 e. The summed E-state index contributed by atoms with van der Waals surface area (Å²) in [6, 6.07) is 12.6. The van der Waals surface area contributed by atoms with E-state index in [0.717, 1.165) is 12.1 Å². The molecule has 1 N–H and O–H groups in total. The molecule has 0 amide bonds. The molecule has 1 aliphatic rings. The Hall–Kier alpha value is -3.42. The fraction of sp³-hybridized carbons (Fsp3) is 0.259. The van der Waals surface area contributed by atoms with E-state index in [0.29, 0.717) is 24.0 Å². The molecular formula is C27H25F2NO5S2. The van der Waals surface area contributed by atoms with Crippen LogP contribution in [-0.2, 0) is 32.0 Å². The van der Waals surface area contributed by atoms with E-state index in [4.69, 9.17) is 11.2 Å². The Labute approximate surface area is 215 Å². The van der Waals surface area contributed by atoms with Crippen LogP contribution in [0.25, 0.3) is 0 Å². The normalized spacial score (nSPS) is 13.7. The zero-order chi connectivity index (χ0) is 26.8. The predicted octanol–water partition coefficient (Wildman–Crippen LogP) is 5.17. The quantitative estimate of drug-likeness (QED) is 0.355. The smallest absolute Gasteiger partial charge is 0.235 e. The maximum Gasteiger partial charge on any atom is 0.235 e. The molecule has 0 atom stereocenters. The number of sulfone groups is 1. The zero-order valence-electron chi connectivity index (χ0n) is 20.0. The van der Waals surface area contributed by atoms with Crippen molar-refractivity contribution in [3.05, 3.63) is 88.5 Å². The lowest BCUT2D eigenvalue weighted by Gasteiger charge is -2.18. The van der Waals surface area contributed by atoms with Crippen LogP contribution in [0.15, 0.2) is 54.6 Å². The van der Waals surface area contributed by atoms with Gasteiger partial charge in [0.15, 0.2) is 15.6 Å². The molecule has 1 fully saturated rings. The molecule has 4 rings (SSSR count). The van der Waals surface area contributed by atoms with Crippen LogP contribution in [0.1, 0.15) is 42.0 Å². The molecule has 3 aromatic rings. The minimum absolute atomic E-state index is 0.0136. The number of rotatable bonds is 10. The highest BCUT2D eigenvalue weighted by molar-refractivity contribution is 7.93. The minimum Gasteiger partial charge on any atom is -0.455 e. The van der Waals surface area contributed by atoms with Gasteiger partial charge < -0.3 is 4.74 Å². The SMILES string of the molecule is C#Cc1ccc(Cc2cc(F)cc(Oc3cccc(CS(=O)(=O)CC)c3)c2NS(=O)(=O)C2CC2)c(F)c1. The lowest BCUT2D eigenvalue weighted by atomic mass is 10.0. The van der Waals surface area contributed by atoms with Crippen molar-refractivity contribution in [2.24, 2.45) is 0 Å². The van der Waals surface area contributed by atoms with Crippen molar-refractivity contribution in [2.75, 3.05) is 10.5 Å². The van der Waals surface area contributed by atoms with Crippen LogP contribution in [0.2, 0.25) is 0 Å². The van der Waals surface area contributed by atoms with Crippen LogP contribution < -0.4 is 9.46 Å². The first kappa shape index (κ1) is 26.6. The Bertz CT molecular complexity index is 1590. The molecule has 0 saturated heterocycles. The van der Waals surface area contributed by atoms with Gasteiger partial charge in [0.05, 0.1) is 16.7 Å². The van der Waals surface area contributed by atoms with Crippen molar-refractivity contribution in [1.82, 2.24) is 0 Å². The van der Waals surface area contributed by atoms with E-state index in [9.17, 15) is 25.6 Å². The zero-order valence-corrected chi connectivity index (χ0v) is 21.6. The molecule has 6 nitrogen and oxygen atoms in total. The van der Waals surface area contributed by atoms with Gasteiger partial charge in [-0.3, -0.25) is 4.72 Å². The molecule has 1 saturated carbocycles. The van der Waals surface area contributed by atoms with Crippen molar-refractivity contribution < 1.29 is 30.4 Å². The van der Waals surface area contributed by atoms with E-state index in [1.54, 1.807) is 31.2 Å². The average Bonchev–Trinajstić information content (AvgIpc) is 3.69. The Morgan fingerprint density at radius 2 is 1.78 bits per heavy atom. The molecular weight excluding hydrogens is 520 g/mol. The van der Waals surface area contributed by atoms with Gasteiger partial charge >= 0.3 is 0 Å². The molecule has 0 spiro atoms. The molecule has 37 heavy (non-hydrogen) atoms. The molecule has 10 heteroatoms. The fourth-order valence-electron chi connectivity index (χ4n) is 3.74. The van der Waals surface area contributed by atoms with Gasteiger partial charge in [-0.05, 0) is 59.9 Å². The molecule has 0 aromatic heterocycles. The van der Waals surface area contributed by atoms with Crippen LogP contribution in [0, 0.1) is 24.0 Å². The first-order valence-corrected chi connectivity index (χ1v) is 14.9. The van der Waals surface area contributed by atoms with Crippen molar-refractivity contribution >= 4 is 25.5 Å². The van der Waals surface area contributed by atoms with Gasteiger partial charge in [0.2, 0.25) is 10.0 Å². The Balaban J connectivity index is 1.75. The van der Waals surface area contributed by atoms with E-state index >= 15 is 0 Å². The molecule has 194 valence electrons. The molecule has 0 heterocycles. The topological polar surface area (TPSA) is 89.5 Å². The molecule has 0 radical (unpaired) electrons. The maximum atomic E-state index is 14.7. The summed E-state index contributed by atoms with van der Waals surface area (Å²) in [4.78, 5) is 0. The molecule has 1 aliphatic carbocycles. The highest BCUT2D eigenvalue weighted by Gasteiger charge is 2.37. The number of halogens is 2. The number of hydrogen-bond donors (Lipinski definition) is 1. The number of benzene rings is 3. The first-order valence-electron chi connectivity index (χ1n) is 11.6. The second-order valence-corrected chi connectivity index (χ2v) is 13.2. The lowest BCUT2D eigenvalue weighted by Crippen LogP contribution is -2.19. The van der Waals surface area contributed by atoms with Crippen LogP contribution >= 0.6 is 0 Å². The standard InChI is InChI=1S/C27H25F2NO5S2/c1-3-18-8-9-20(25(29)13-18)14-21-15-22(28)16-26(27(21)30-37(33,34)24-10-11-24)35-23-7-5-6-19(12-23)17-36(31,32)4-2/h1,5-9,12-13,15-16,24,30H,4,10-11,14,17H2,2H3. The summed E-state index contributed by atoms with van der Waals surface area (Å²) in [5, 5.41) is -0.576. The number of ether oxygens (including phenoxy) is 1. The lowest BCUT2D eigenvalue weighted by molar-refractivity contribution is 0.477. The summed E-state index contributed by atoms with van der Waals surface area (Å²) in [7, 11) is -7.10. The summed E-state index contributed by atoms with van der Waals surface area (Å²) >= 11 is 0. The maximum absolute atomic E-state index is 14.7. The number of terminal acetylenes is 1. The van der Waals surface area contributed by atoms with E-state index < -0.39 is 36.7 Å². The average molecular weight is 546 g/mol. The third-order valence-corrected chi connectivity index (χ3v) is 9.40. The van der Waals surface area contributed by atoms with E-state index in [2.05, 4.69) is 10.6 Å². The molecule has 0 aliphatic heterocycles. The highest BCUT2D eigenvalue weighted by atomic mass is 32.2. The summed E-state index contributed by atoms with van der Waals surface area (Å²) in [6.45, 7) is 1.55. The van der Waals surface area contributed by atoms with Crippen LogP contribution in [0.4, 0.5) is 14.5 Å². The number of anilines is 1. The van der Waals surface area contributed by atoms with Gasteiger partial charge in [-0.1, -0.05) is 31.0 Å². The second-order valence-electron chi connectivity index (χ2n) is 8.84. The Morgan fingerprint density at radius 1 is 1.03 bits per heavy atom. The summed E-state index contributed by atoms with van der Waals surface area (Å²) in [5.74, 6) is 0.840. The van der Waals surface area contributed by atoms with E-state index in [-0.39, 0.29) is 46.2 Å². The second kappa shape index (κ2) is 10.5. The first-order chi connectivity index (χ1) is 17.5. The third kappa shape index (κ3) is 6.67. The highest BCUT2D eigenvalue weighted by Crippen LogP contribution is 2.39. The Morgan fingerprint density at radius 3 is 2.43 bits per heavy atom. The van der Waals surface area contributed by atoms with Crippen molar-refractivity contribution in [1.29, 1.82) is 0 Å². The van der Waals surface area contributed by atoms with E-state index in [1.807, 2.05) is 0 Å². The van der Waals surface area contributed by atoms with Gasteiger partial charge in [0, 0.05) is 23.8 Å². The number of hydrogen-bond acceptors (Lipinski definition) is 5. The minimum atomic E-state index is -3.79. The number of nitrogens with one attached hydrogen (secondary N) is 1. The van der Waals surface area contributed by atoms with E-state index in [1.165, 1.54) is 18.2 Å². The van der Waals surface area contributed by atoms with Crippen LogP contribution in [0.3, 0.4) is 0 Å². The molecule has 3 aromatic carbocycles. The fourth-order valence-corrected chi connectivity index (χ4v) is 6.07. The van der Waals surface area contributed by atoms with Crippen molar-refractivity contribution in [3.63, 3.8) is 0 Å². The summed E-state index contributed by atoms with van der Waals surface area (Å²) in [6.07, 6.45) is 6.18. The summed E-state index contributed by atoms with van der Waals surface area (Å²) < 4.78 is 87.6. The van der Waals surface area contributed by atoms with Gasteiger partial charge in [-0.15, -0.1) is 6.42 Å². The van der Waals surface area contributed by atoms with Crippen LogP contribution in [-0.4, -0.2) is 27.8 Å². The van der Waals surface area contributed by atoms with Gasteiger partial charge in [0.1, 0.15) is 17.4 Å². The van der Waals surface area contributed by atoms with Crippen LogP contribution in [0.5, 0.6) is 11.5 Å². The predicted molar refractivity (Wildman–Crippen MR) is 139 cm³/mol. The monoisotopic (exact) mass is 545 g/mol. The van der Waals surface area contributed by atoms with Crippen molar-refractivity contribution in [3.8, 4) is 23.8 Å². The summed E-state index contributed by atoms with van der Waals surface area (Å²) in [5.41, 5.74) is 1.14. The third-order valence-electron chi connectivity index (χ3n) is 5.91. The molecule has 0 bridgehead atoms. The van der Waals surface area contributed by atoms with Crippen molar-refractivity contribution in [2.45, 2.75) is 37.2 Å².